The number of aromatic nitrogens is 3. The number of non-ortho nitro benzene ring substituents is 1. The summed E-state index contributed by atoms with van der Waals surface area (Å²) in [7, 11) is 0. The highest BCUT2D eigenvalue weighted by Gasteiger charge is 2.12. The fraction of sp³-hybridized carbons (Fsp3) is 0.0588. The molecule has 0 saturated carbocycles. The highest BCUT2D eigenvalue weighted by molar-refractivity contribution is 7.99. The third-order valence-corrected chi connectivity index (χ3v) is 4.27. The van der Waals surface area contributed by atoms with Crippen LogP contribution < -0.4 is 0 Å². The van der Waals surface area contributed by atoms with Crippen molar-refractivity contribution in [3.63, 3.8) is 0 Å². The Balaban J connectivity index is 1.64. The number of Topliss-reactive ketones (excluding diaryl/α,β-unsaturated/α-hetero) is 1. The van der Waals surface area contributed by atoms with E-state index in [2.05, 4.69) is 15.2 Å². The van der Waals surface area contributed by atoms with Crippen LogP contribution in [0.5, 0.6) is 0 Å². The zero-order valence-corrected chi connectivity index (χ0v) is 13.7. The lowest BCUT2D eigenvalue weighted by Gasteiger charge is -2.03. The zero-order valence-electron chi connectivity index (χ0n) is 12.9. The summed E-state index contributed by atoms with van der Waals surface area (Å²) in [5, 5.41) is 19.6. The Bertz CT molecular complexity index is 901. The third-order valence-electron chi connectivity index (χ3n) is 3.35. The number of thioether (sulfide) groups is 1. The van der Waals surface area contributed by atoms with E-state index in [0.717, 1.165) is 11.3 Å². The van der Waals surface area contributed by atoms with Gasteiger partial charge in [0.05, 0.1) is 16.4 Å². The molecular weight excluding hydrogens is 340 g/mol. The van der Waals surface area contributed by atoms with Crippen LogP contribution in [0.4, 0.5) is 5.69 Å². The number of nitro groups is 1. The first kappa shape index (κ1) is 16.7. The molecule has 0 N–H and O–H groups in total. The molecule has 2 heterocycles. The number of nitrogens with zero attached hydrogens (tertiary/aromatic N) is 4. The second-order valence-corrected chi connectivity index (χ2v) is 6.01. The molecule has 7 nitrogen and oxygen atoms in total. The van der Waals surface area contributed by atoms with Gasteiger partial charge in [-0.2, -0.15) is 0 Å². The smallest absolute Gasteiger partial charge is 0.270 e. The van der Waals surface area contributed by atoms with Crippen LogP contribution >= 0.6 is 11.8 Å². The van der Waals surface area contributed by atoms with Crippen LogP contribution in [0.2, 0.25) is 0 Å². The molecule has 3 aromatic rings. The summed E-state index contributed by atoms with van der Waals surface area (Å²) in [5.41, 5.74) is 1.84. The van der Waals surface area contributed by atoms with Crippen molar-refractivity contribution in [3.8, 4) is 11.3 Å². The first-order chi connectivity index (χ1) is 12.1. The van der Waals surface area contributed by atoms with Crippen LogP contribution in [0.25, 0.3) is 11.3 Å². The van der Waals surface area contributed by atoms with E-state index in [1.807, 2.05) is 18.2 Å². The minimum atomic E-state index is -0.521. The summed E-state index contributed by atoms with van der Waals surface area (Å²) in [6, 6.07) is 13.0. The summed E-state index contributed by atoms with van der Waals surface area (Å²) in [6.45, 7) is 0. The van der Waals surface area contributed by atoms with E-state index in [-0.39, 0.29) is 17.2 Å². The van der Waals surface area contributed by atoms with Gasteiger partial charge < -0.3 is 0 Å². The molecule has 1 aromatic carbocycles. The van der Waals surface area contributed by atoms with E-state index >= 15 is 0 Å². The molecule has 0 radical (unpaired) electrons. The summed E-state index contributed by atoms with van der Waals surface area (Å²) in [6.07, 6.45) is 3.36. The molecule has 0 unspecified atom stereocenters. The van der Waals surface area contributed by atoms with Gasteiger partial charge in [0.2, 0.25) is 0 Å². The normalized spacial score (nSPS) is 10.4. The second kappa shape index (κ2) is 7.63. The molecule has 8 heteroatoms. The molecule has 0 bridgehead atoms. The van der Waals surface area contributed by atoms with Gasteiger partial charge >= 0.3 is 0 Å². The van der Waals surface area contributed by atoms with Crippen LogP contribution in [0, 0.1) is 10.1 Å². The monoisotopic (exact) mass is 352 g/mol. The first-order valence-electron chi connectivity index (χ1n) is 7.28. The molecule has 0 aliphatic rings. The number of rotatable bonds is 6. The van der Waals surface area contributed by atoms with Gasteiger partial charge in [-0.3, -0.25) is 19.9 Å². The maximum atomic E-state index is 12.2. The van der Waals surface area contributed by atoms with Crippen LogP contribution in [-0.4, -0.2) is 31.6 Å². The summed E-state index contributed by atoms with van der Waals surface area (Å²) >= 11 is 1.24. The maximum Gasteiger partial charge on any atom is 0.270 e. The quantitative estimate of drug-likeness (QED) is 0.290. The molecule has 3 rings (SSSR count). The highest BCUT2D eigenvalue weighted by atomic mass is 32.2. The van der Waals surface area contributed by atoms with Gasteiger partial charge in [-0.25, -0.2) is 0 Å². The van der Waals surface area contributed by atoms with Gasteiger partial charge in [-0.05, 0) is 24.3 Å². The first-order valence-corrected chi connectivity index (χ1v) is 8.26. The predicted octanol–water partition coefficient (Wildman–Crippen LogP) is 3.42. The molecule has 2 aromatic heterocycles. The second-order valence-electron chi connectivity index (χ2n) is 5.01. The number of hydrogen-bond donors (Lipinski definition) is 0. The number of benzene rings is 1. The predicted molar refractivity (Wildman–Crippen MR) is 93.4 cm³/mol. The van der Waals surface area contributed by atoms with E-state index in [4.69, 9.17) is 0 Å². The Morgan fingerprint density at radius 3 is 2.56 bits per heavy atom. The summed E-state index contributed by atoms with van der Waals surface area (Å²) in [4.78, 5) is 26.4. The number of ketones is 1. The van der Waals surface area contributed by atoms with E-state index in [9.17, 15) is 14.9 Å². The highest BCUT2D eigenvalue weighted by Crippen LogP contribution is 2.21. The number of pyridine rings is 1. The van der Waals surface area contributed by atoms with Crippen molar-refractivity contribution in [2.24, 2.45) is 0 Å². The number of carbonyl (C=O) groups is 1. The molecule has 0 aliphatic carbocycles. The minimum absolute atomic E-state index is 0.0997. The number of hydrogen-bond acceptors (Lipinski definition) is 7. The molecule has 0 spiro atoms. The van der Waals surface area contributed by atoms with Gasteiger partial charge in [0.15, 0.2) is 5.78 Å². The van der Waals surface area contributed by atoms with Gasteiger partial charge in [-0.1, -0.05) is 23.9 Å². The van der Waals surface area contributed by atoms with E-state index in [1.54, 1.807) is 24.5 Å². The summed E-state index contributed by atoms with van der Waals surface area (Å²) < 4.78 is 0. The molecule has 0 amide bonds. The summed E-state index contributed by atoms with van der Waals surface area (Å²) in [5.74, 6) is -0.0709. The molecule has 0 fully saturated rings. The lowest BCUT2D eigenvalue weighted by molar-refractivity contribution is -0.384. The van der Waals surface area contributed by atoms with E-state index in [1.165, 1.54) is 30.0 Å². The molecule has 124 valence electrons. The Morgan fingerprint density at radius 1 is 1.08 bits per heavy atom. The van der Waals surface area contributed by atoms with Crippen molar-refractivity contribution in [2.75, 3.05) is 5.75 Å². The van der Waals surface area contributed by atoms with Gasteiger partial charge in [0.1, 0.15) is 5.03 Å². The maximum absolute atomic E-state index is 12.2. The van der Waals surface area contributed by atoms with Crippen molar-refractivity contribution >= 4 is 23.2 Å². The fourth-order valence-corrected chi connectivity index (χ4v) is 2.80. The van der Waals surface area contributed by atoms with Gasteiger partial charge in [0, 0.05) is 35.7 Å². The van der Waals surface area contributed by atoms with Crippen molar-refractivity contribution in [1.82, 2.24) is 15.2 Å². The Kier molecular flexibility index (Phi) is 5.10. The Morgan fingerprint density at radius 2 is 1.88 bits per heavy atom. The molecule has 0 atom stereocenters. The third kappa shape index (κ3) is 4.24. The Labute approximate surface area is 147 Å². The zero-order chi connectivity index (χ0) is 17.6. The SMILES string of the molecule is O=C(CSc1ccc(-c2ccncc2)nn1)c1cccc([N+](=O)[O-])c1. The van der Waals surface area contributed by atoms with Crippen LogP contribution in [0.1, 0.15) is 10.4 Å². The lowest BCUT2D eigenvalue weighted by Crippen LogP contribution is -2.03. The van der Waals surface area contributed by atoms with E-state index < -0.39 is 4.92 Å². The Hall–Kier alpha value is -3.13. The van der Waals surface area contributed by atoms with Crippen LogP contribution in [0.15, 0.2) is 66.0 Å². The van der Waals surface area contributed by atoms with Crippen molar-refractivity contribution < 1.29 is 9.72 Å². The van der Waals surface area contributed by atoms with Crippen LogP contribution in [0.3, 0.4) is 0 Å². The largest absolute Gasteiger partial charge is 0.293 e. The van der Waals surface area contributed by atoms with Crippen molar-refractivity contribution in [2.45, 2.75) is 5.03 Å². The molecular formula is C17H12N4O3S. The van der Waals surface area contributed by atoms with Crippen LogP contribution in [-0.2, 0) is 0 Å². The van der Waals surface area contributed by atoms with Gasteiger partial charge in [0.25, 0.3) is 5.69 Å². The number of nitro benzene ring substituents is 1. The van der Waals surface area contributed by atoms with Gasteiger partial charge in [-0.15, -0.1) is 10.2 Å². The van der Waals surface area contributed by atoms with Crippen molar-refractivity contribution in [3.05, 3.63) is 76.6 Å². The topological polar surface area (TPSA) is 98.9 Å². The standard InChI is InChI=1S/C17H12N4O3S/c22-16(13-2-1-3-14(10-13)21(23)24)11-25-17-5-4-15(19-20-17)12-6-8-18-9-7-12/h1-10H,11H2. The average Bonchev–Trinajstić information content (AvgIpc) is 2.67. The average molecular weight is 352 g/mol. The molecule has 25 heavy (non-hydrogen) atoms. The minimum Gasteiger partial charge on any atom is -0.293 e. The lowest BCUT2D eigenvalue weighted by atomic mass is 10.1. The molecule has 0 saturated heterocycles. The fourth-order valence-electron chi connectivity index (χ4n) is 2.09. The van der Waals surface area contributed by atoms with Crippen molar-refractivity contribution in [1.29, 1.82) is 0 Å². The number of carbonyl (C=O) groups excluding carboxylic acids is 1. The van der Waals surface area contributed by atoms with E-state index in [0.29, 0.717) is 10.6 Å². The molecule has 0 aliphatic heterocycles.